The number of para-hydroxylation sites is 1. The summed E-state index contributed by atoms with van der Waals surface area (Å²) in [6.07, 6.45) is 5.17. The molecule has 0 spiro atoms. The van der Waals surface area contributed by atoms with E-state index in [1.54, 1.807) is 98.5 Å². The van der Waals surface area contributed by atoms with E-state index in [9.17, 15) is 19.6 Å². The normalized spacial score (nSPS) is 12.0. The molecule has 1 unspecified atom stereocenters. The van der Waals surface area contributed by atoms with Crippen LogP contribution in [0.1, 0.15) is 44.4 Å². The van der Waals surface area contributed by atoms with Gasteiger partial charge in [0.2, 0.25) is 0 Å². The summed E-state index contributed by atoms with van der Waals surface area (Å²) in [5, 5.41) is 12.4. The smallest absolute Gasteiger partial charge is 0.412 e. The highest BCUT2D eigenvalue weighted by Crippen LogP contribution is 2.26. The molecular weight excluding hydrogens is 532 g/mol. The van der Waals surface area contributed by atoms with Crippen LogP contribution in [0.5, 0.6) is 0 Å². The van der Waals surface area contributed by atoms with E-state index in [2.05, 4.69) is 16.4 Å². The van der Waals surface area contributed by atoms with Crippen LogP contribution in [0.4, 0.5) is 10.5 Å². The van der Waals surface area contributed by atoms with Gasteiger partial charge in [0.25, 0.3) is 5.56 Å². The summed E-state index contributed by atoms with van der Waals surface area (Å²) in [4.78, 5) is 44.3. The number of nitriles is 1. The second kappa shape index (κ2) is 11.6. The molecule has 212 valence electrons. The standard InChI is InChI=1S/C32H30N6O4/c1-32(2,3)42-30(40)35-24-12-14-25(15-13-24)37-29(39)26-6-4-5-7-28(26)38(31(37)41)27(16-18-36-19-17-34-21-36)23-10-8-22(20-33)9-11-23/h4-15,17,19,21,27H,16,18H2,1-3H3,(H,35,40). The summed E-state index contributed by atoms with van der Waals surface area (Å²) in [6, 6.07) is 22.3. The Morgan fingerprint density at radius 1 is 1.02 bits per heavy atom. The number of hydrogen-bond donors (Lipinski definition) is 1. The van der Waals surface area contributed by atoms with Crippen molar-refractivity contribution < 1.29 is 9.53 Å². The van der Waals surface area contributed by atoms with E-state index in [4.69, 9.17) is 4.74 Å². The molecule has 10 nitrogen and oxygen atoms in total. The molecule has 0 bridgehead atoms. The maximum atomic E-state index is 14.3. The number of nitrogens with one attached hydrogen (secondary N) is 1. The molecule has 0 saturated carbocycles. The maximum absolute atomic E-state index is 14.3. The van der Waals surface area contributed by atoms with Crippen LogP contribution in [-0.4, -0.2) is 30.4 Å². The van der Waals surface area contributed by atoms with Gasteiger partial charge in [-0.2, -0.15) is 5.26 Å². The molecule has 1 amide bonds. The molecule has 10 heteroatoms. The van der Waals surface area contributed by atoms with E-state index in [0.29, 0.717) is 40.8 Å². The molecule has 1 N–H and O–H groups in total. The van der Waals surface area contributed by atoms with Crippen molar-refractivity contribution in [2.45, 2.75) is 45.4 Å². The number of fused-ring (bicyclic) bond motifs is 1. The predicted molar refractivity (Wildman–Crippen MR) is 160 cm³/mol. The van der Waals surface area contributed by atoms with E-state index in [0.717, 1.165) is 10.1 Å². The van der Waals surface area contributed by atoms with Gasteiger partial charge in [0.15, 0.2) is 0 Å². The summed E-state index contributed by atoms with van der Waals surface area (Å²) < 4.78 is 10.0. The Bertz CT molecular complexity index is 1870. The molecule has 1 atom stereocenters. The van der Waals surface area contributed by atoms with Crippen LogP contribution in [0.2, 0.25) is 0 Å². The number of carbonyl (C=O) groups is 1. The lowest BCUT2D eigenvalue weighted by Crippen LogP contribution is -2.41. The highest BCUT2D eigenvalue weighted by molar-refractivity contribution is 5.85. The zero-order valence-electron chi connectivity index (χ0n) is 23.5. The molecule has 5 aromatic rings. The fraction of sp³-hybridized carbons (Fsp3) is 0.219. The Morgan fingerprint density at radius 2 is 1.74 bits per heavy atom. The maximum Gasteiger partial charge on any atom is 0.412 e. The van der Waals surface area contributed by atoms with Crippen molar-refractivity contribution in [2.75, 3.05) is 5.32 Å². The van der Waals surface area contributed by atoms with Gasteiger partial charge in [0.1, 0.15) is 5.60 Å². The number of ether oxygens (including phenoxy) is 1. The van der Waals surface area contributed by atoms with Gasteiger partial charge in [-0.1, -0.05) is 24.3 Å². The van der Waals surface area contributed by atoms with Crippen molar-refractivity contribution >= 4 is 22.7 Å². The molecular formula is C32H30N6O4. The van der Waals surface area contributed by atoms with Crippen LogP contribution in [0.3, 0.4) is 0 Å². The molecule has 0 saturated heterocycles. The van der Waals surface area contributed by atoms with E-state index < -0.39 is 29.0 Å². The lowest BCUT2D eigenvalue weighted by molar-refractivity contribution is 0.0636. The van der Waals surface area contributed by atoms with Gasteiger partial charge >= 0.3 is 11.8 Å². The van der Waals surface area contributed by atoms with Crippen molar-refractivity contribution in [3.63, 3.8) is 0 Å². The van der Waals surface area contributed by atoms with Crippen LogP contribution >= 0.6 is 0 Å². The monoisotopic (exact) mass is 562 g/mol. The minimum absolute atomic E-state index is 0.354. The lowest BCUT2D eigenvalue weighted by Gasteiger charge is -2.24. The Morgan fingerprint density at radius 3 is 2.38 bits per heavy atom. The van der Waals surface area contributed by atoms with Crippen LogP contribution < -0.4 is 16.6 Å². The summed E-state index contributed by atoms with van der Waals surface area (Å²) in [5.41, 5.74) is 1.03. The van der Waals surface area contributed by atoms with Crippen molar-refractivity contribution in [3.8, 4) is 11.8 Å². The molecule has 42 heavy (non-hydrogen) atoms. The number of benzene rings is 3. The van der Waals surface area contributed by atoms with Gasteiger partial charge in [0.05, 0.1) is 40.6 Å². The predicted octanol–water partition coefficient (Wildman–Crippen LogP) is 5.25. The number of nitrogens with zero attached hydrogens (tertiary/aromatic N) is 5. The van der Waals surface area contributed by atoms with Gasteiger partial charge < -0.3 is 9.30 Å². The van der Waals surface area contributed by atoms with Crippen LogP contribution in [0.25, 0.3) is 16.6 Å². The minimum Gasteiger partial charge on any atom is -0.444 e. The summed E-state index contributed by atoms with van der Waals surface area (Å²) >= 11 is 0. The highest BCUT2D eigenvalue weighted by Gasteiger charge is 2.23. The van der Waals surface area contributed by atoms with Gasteiger partial charge in [-0.3, -0.25) is 14.7 Å². The molecule has 0 aliphatic carbocycles. The first-order chi connectivity index (χ1) is 20.1. The van der Waals surface area contributed by atoms with Gasteiger partial charge in [-0.25, -0.2) is 19.1 Å². The minimum atomic E-state index is -0.656. The van der Waals surface area contributed by atoms with E-state index >= 15 is 0 Å². The largest absolute Gasteiger partial charge is 0.444 e. The SMILES string of the molecule is CC(C)(C)OC(=O)Nc1ccc(-n2c(=O)c3ccccc3n(C(CCn3ccnc3)c3ccc(C#N)cc3)c2=O)cc1. The second-order valence-electron chi connectivity index (χ2n) is 10.8. The van der Waals surface area contributed by atoms with Crippen LogP contribution in [0, 0.1) is 11.3 Å². The number of carbonyl (C=O) groups excluding carboxylic acids is 1. The lowest BCUT2D eigenvalue weighted by atomic mass is 10.0. The van der Waals surface area contributed by atoms with Gasteiger partial charge in [-0.15, -0.1) is 0 Å². The van der Waals surface area contributed by atoms with Crippen molar-refractivity contribution in [2.24, 2.45) is 0 Å². The van der Waals surface area contributed by atoms with Gasteiger partial charge in [-0.05, 0) is 81.3 Å². The van der Waals surface area contributed by atoms with E-state index in [1.165, 1.54) is 0 Å². The topological polar surface area (TPSA) is 124 Å². The zero-order chi connectivity index (χ0) is 29.9. The van der Waals surface area contributed by atoms with Crippen LogP contribution in [-0.2, 0) is 11.3 Å². The molecule has 0 fully saturated rings. The second-order valence-corrected chi connectivity index (χ2v) is 10.8. The third-order valence-corrected chi connectivity index (χ3v) is 6.72. The first-order valence-corrected chi connectivity index (χ1v) is 13.5. The van der Waals surface area contributed by atoms with Gasteiger partial charge in [0, 0.05) is 24.6 Å². The van der Waals surface area contributed by atoms with E-state index in [-0.39, 0.29) is 0 Å². The van der Waals surface area contributed by atoms with Crippen LogP contribution in [0.15, 0.2) is 101 Å². The Hall–Kier alpha value is -5.43. The molecule has 0 aliphatic rings. The number of amides is 1. The third kappa shape index (κ3) is 6.00. The summed E-state index contributed by atoms with van der Waals surface area (Å²) in [6.45, 7) is 5.88. The molecule has 3 aromatic carbocycles. The quantitative estimate of drug-likeness (QED) is 0.289. The molecule has 0 radical (unpaired) electrons. The van der Waals surface area contributed by atoms with Crippen molar-refractivity contribution in [3.05, 3.63) is 123 Å². The number of aromatic nitrogens is 4. The third-order valence-electron chi connectivity index (χ3n) is 6.72. The molecule has 5 rings (SSSR count). The number of anilines is 1. The summed E-state index contributed by atoms with van der Waals surface area (Å²) in [5.74, 6) is 0. The fourth-order valence-electron chi connectivity index (χ4n) is 4.84. The molecule has 2 heterocycles. The number of aryl methyl sites for hydroxylation is 1. The Kier molecular flexibility index (Phi) is 7.76. The summed E-state index contributed by atoms with van der Waals surface area (Å²) in [7, 11) is 0. The molecule has 0 aliphatic heterocycles. The average molecular weight is 563 g/mol. The first-order valence-electron chi connectivity index (χ1n) is 13.5. The average Bonchev–Trinajstić information content (AvgIpc) is 3.48. The van der Waals surface area contributed by atoms with Crippen molar-refractivity contribution in [1.29, 1.82) is 5.26 Å². The number of imidazole rings is 1. The Labute approximate surface area is 242 Å². The van der Waals surface area contributed by atoms with E-state index in [1.807, 2.05) is 22.9 Å². The molecule has 2 aromatic heterocycles. The van der Waals surface area contributed by atoms with Crippen molar-refractivity contribution in [1.82, 2.24) is 18.7 Å². The fourth-order valence-corrected chi connectivity index (χ4v) is 4.84. The zero-order valence-corrected chi connectivity index (χ0v) is 23.5. The number of hydrogen-bond acceptors (Lipinski definition) is 6. The first kappa shape index (κ1) is 28.1. The Balaban J connectivity index is 1.63. The number of rotatable bonds is 7. The highest BCUT2D eigenvalue weighted by atomic mass is 16.6.